The number of piperazine rings is 1. The van der Waals surface area contributed by atoms with E-state index in [2.05, 4.69) is 9.69 Å². The summed E-state index contributed by atoms with van der Waals surface area (Å²) in [5.74, 6) is -0.216. The number of carbonyl (C=O) groups is 2. The number of esters is 1. The number of ether oxygens (including phenoxy) is 2. The number of methoxy groups -OCH3 is 2. The van der Waals surface area contributed by atoms with E-state index in [0.29, 0.717) is 18.7 Å². The molecule has 1 aromatic rings. The maximum absolute atomic E-state index is 11.8. The van der Waals surface area contributed by atoms with E-state index < -0.39 is 5.97 Å². The standard InChI is InChI=1S/C12H17N3O4S/c1-7-4-15(6-9(16)13-7)5-8-10(12(17)19-3)11(18-2)14-20-8/h7H,4-6H2,1-3H3,(H,13,16). The van der Waals surface area contributed by atoms with Crippen molar-refractivity contribution >= 4 is 23.4 Å². The molecule has 0 aliphatic carbocycles. The second kappa shape index (κ2) is 6.19. The molecule has 1 aromatic heterocycles. The summed E-state index contributed by atoms with van der Waals surface area (Å²) in [7, 11) is 2.78. The van der Waals surface area contributed by atoms with Crippen LogP contribution in [0.5, 0.6) is 5.88 Å². The van der Waals surface area contributed by atoms with Crippen molar-refractivity contribution < 1.29 is 19.1 Å². The molecule has 0 spiro atoms. The summed E-state index contributed by atoms with van der Waals surface area (Å²) in [5, 5.41) is 2.85. The van der Waals surface area contributed by atoms with Crippen molar-refractivity contribution in [3.63, 3.8) is 0 Å². The summed E-state index contributed by atoms with van der Waals surface area (Å²) in [6, 6.07) is 0.0904. The number of hydrogen-bond donors (Lipinski definition) is 1. The molecule has 1 N–H and O–H groups in total. The van der Waals surface area contributed by atoms with E-state index in [-0.39, 0.29) is 17.8 Å². The van der Waals surface area contributed by atoms with E-state index >= 15 is 0 Å². The molecule has 2 heterocycles. The third kappa shape index (κ3) is 3.07. The lowest BCUT2D eigenvalue weighted by atomic mass is 10.2. The normalized spacial score (nSPS) is 19.6. The van der Waals surface area contributed by atoms with Crippen LogP contribution in [0.1, 0.15) is 22.2 Å². The van der Waals surface area contributed by atoms with Crippen molar-refractivity contribution in [1.29, 1.82) is 0 Å². The van der Waals surface area contributed by atoms with Crippen LogP contribution in [0.25, 0.3) is 0 Å². The van der Waals surface area contributed by atoms with Crippen molar-refractivity contribution in [3.8, 4) is 5.88 Å². The molecule has 1 unspecified atom stereocenters. The minimum absolute atomic E-state index is 0.0140. The van der Waals surface area contributed by atoms with Crippen molar-refractivity contribution in [2.75, 3.05) is 27.3 Å². The van der Waals surface area contributed by atoms with Gasteiger partial charge < -0.3 is 14.8 Å². The van der Waals surface area contributed by atoms with Gasteiger partial charge in [-0.2, -0.15) is 4.37 Å². The Balaban J connectivity index is 2.18. The fourth-order valence-electron chi connectivity index (χ4n) is 2.20. The molecule has 0 radical (unpaired) electrons. The van der Waals surface area contributed by atoms with Gasteiger partial charge in [-0.05, 0) is 18.5 Å². The first-order chi connectivity index (χ1) is 9.55. The van der Waals surface area contributed by atoms with E-state index in [4.69, 9.17) is 9.47 Å². The average molecular weight is 299 g/mol. The van der Waals surface area contributed by atoms with Gasteiger partial charge in [0.2, 0.25) is 11.8 Å². The van der Waals surface area contributed by atoms with Crippen molar-refractivity contribution in [2.24, 2.45) is 0 Å². The highest BCUT2D eigenvalue weighted by atomic mass is 32.1. The molecule has 0 saturated carbocycles. The Morgan fingerprint density at radius 2 is 2.30 bits per heavy atom. The van der Waals surface area contributed by atoms with Crippen LogP contribution >= 0.6 is 11.5 Å². The zero-order valence-corrected chi connectivity index (χ0v) is 12.5. The third-order valence-corrected chi connectivity index (χ3v) is 3.80. The molecule has 110 valence electrons. The van der Waals surface area contributed by atoms with Crippen molar-refractivity contribution in [2.45, 2.75) is 19.5 Å². The first-order valence-electron chi connectivity index (χ1n) is 6.17. The smallest absolute Gasteiger partial charge is 0.344 e. The van der Waals surface area contributed by atoms with Crippen LogP contribution in [-0.4, -0.2) is 54.5 Å². The van der Waals surface area contributed by atoms with Gasteiger partial charge in [-0.25, -0.2) is 4.79 Å². The van der Waals surface area contributed by atoms with E-state index in [0.717, 1.165) is 11.4 Å². The molecule has 1 amide bonds. The third-order valence-electron chi connectivity index (χ3n) is 2.99. The molecule has 1 atom stereocenters. The minimum Gasteiger partial charge on any atom is -0.480 e. The highest BCUT2D eigenvalue weighted by Crippen LogP contribution is 2.27. The number of carbonyl (C=O) groups excluding carboxylic acids is 2. The van der Waals surface area contributed by atoms with E-state index in [9.17, 15) is 9.59 Å². The molecule has 1 saturated heterocycles. The Morgan fingerprint density at radius 1 is 1.55 bits per heavy atom. The summed E-state index contributed by atoms with van der Waals surface area (Å²) in [4.78, 5) is 26.1. The highest BCUT2D eigenvalue weighted by molar-refractivity contribution is 7.06. The van der Waals surface area contributed by atoms with Gasteiger partial charge in [0.05, 0.1) is 25.6 Å². The summed E-state index contributed by atoms with van der Waals surface area (Å²) < 4.78 is 13.9. The Bertz CT molecular complexity index is 517. The second-order valence-electron chi connectivity index (χ2n) is 4.62. The fraction of sp³-hybridized carbons (Fsp3) is 0.583. The molecular formula is C12H17N3O4S. The number of nitrogens with one attached hydrogen (secondary N) is 1. The lowest BCUT2D eigenvalue weighted by Crippen LogP contribution is -2.52. The quantitative estimate of drug-likeness (QED) is 0.803. The van der Waals surface area contributed by atoms with Gasteiger partial charge in [0.25, 0.3) is 0 Å². The lowest BCUT2D eigenvalue weighted by molar-refractivity contribution is -0.125. The molecular weight excluding hydrogens is 282 g/mol. The summed E-state index contributed by atoms with van der Waals surface area (Å²) in [5.41, 5.74) is 0.346. The van der Waals surface area contributed by atoms with Gasteiger partial charge >= 0.3 is 5.97 Å². The van der Waals surface area contributed by atoms with Gasteiger partial charge in [-0.1, -0.05) is 0 Å². The van der Waals surface area contributed by atoms with Crippen molar-refractivity contribution in [3.05, 3.63) is 10.4 Å². The zero-order valence-electron chi connectivity index (χ0n) is 11.6. The van der Waals surface area contributed by atoms with Crippen LogP contribution in [-0.2, 0) is 16.1 Å². The largest absolute Gasteiger partial charge is 0.480 e. The van der Waals surface area contributed by atoms with Gasteiger partial charge in [0.15, 0.2) is 0 Å². The highest BCUT2D eigenvalue weighted by Gasteiger charge is 2.27. The molecule has 7 nitrogen and oxygen atoms in total. The Labute approximate surface area is 121 Å². The first kappa shape index (κ1) is 14.7. The SMILES string of the molecule is COC(=O)c1c(OC)nsc1CN1CC(=O)NC(C)C1. The second-order valence-corrected chi connectivity index (χ2v) is 5.48. The molecule has 0 aromatic carbocycles. The number of amides is 1. The number of nitrogens with zero attached hydrogens (tertiary/aromatic N) is 2. The molecule has 0 bridgehead atoms. The van der Waals surface area contributed by atoms with Crippen LogP contribution in [0, 0.1) is 0 Å². The fourth-order valence-corrected chi connectivity index (χ4v) is 3.06. The van der Waals surface area contributed by atoms with Gasteiger partial charge in [-0.15, -0.1) is 0 Å². The van der Waals surface area contributed by atoms with Gasteiger partial charge in [0.1, 0.15) is 5.56 Å². The van der Waals surface area contributed by atoms with Gasteiger partial charge in [-0.3, -0.25) is 9.69 Å². The van der Waals surface area contributed by atoms with Crippen LogP contribution < -0.4 is 10.1 Å². The average Bonchev–Trinajstić information content (AvgIpc) is 2.79. The number of rotatable bonds is 4. The Kier molecular flexibility index (Phi) is 4.56. The molecule has 1 aliphatic rings. The summed E-state index contributed by atoms with van der Waals surface area (Å²) >= 11 is 1.19. The van der Waals surface area contributed by atoms with E-state index in [1.807, 2.05) is 11.8 Å². The monoisotopic (exact) mass is 299 g/mol. The van der Waals surface area contributed by atoms with Crippen LogP contribution in [0.4, 0.5) is 0 Å². The number of hydrogen-bond acceptors (Lipinski definition) is 7. The molecule has 20 heavy (non-hydrogen) atoms. The van der Waals surface area contributed by atoms with Crippen LogP contribution in [0.15, 0.2) is 0 Å². The Morgan fingerprint density at radius 3 is 2.90 bits per heavy atom. The van der Waals surface area contributed by atoms with Crippen LogP contribution in [0.2, 0.25) is 0 Å². The molecule has 1 fully saturated rings. The molecule has 8 heteroatoms. The summed E-state index contributed by atoms with van der Waals surface area (Å²) in [6.07, 6.45) is 0. The van der Waals surface area contributed by atoms with Gasteiger partial charge in [0, 0.05) is 19.1 Å². The first-order valence-corrected chi connectivity index (χ1v) is 6.95. The predicted octanol–water partition coefficient (Wildman–Crippen LogP) is 0.259. The van der Waals surface area contributed by atoms with Crippen molar-refractivity contribution in [1.82, 2.24) is 14.6 Å². The zero-order chi connectivity index (χ0) is 14.7. The predicted molar refractivity (Wildman–Crippen MR) is 72.9 cm³/mol. The topological polar surface area (TPSA) is 80.8 Å². The number of aromatic nitrogens is 1. The van der Waals surface area contributed by atoms with Crippen LogP contribution in [0.3, 0.4) is 0 Å². The van der Waals surface area contributed by atoms with E-state index in [1.54, 1.807) is 0 Å². The minimum atomic E-state index is -0.472. The lowest BCUT2D eigenvalue weighted by Gasteiger charge is -2.30. The maximum atomic E-state index is 11.8. The molecule has 1 aliphatic heterocycles. The Hall–Kier alpha value is -1.67. The van der Waals surface area contributed by atoms with E-state index in [1.165, 1.54) is 25.8 Å². The molecule has 2 rings (SSSR count). The maximum Gasteiger partial charge on any atom is 0.344 e. The summed E-state index contributed by atoms with van der Waals surface area (Å²) in [6.45, 7) is 3.46.